The fourth-order valence-corrected chi connectivity index (χ4v) is 2.45. The first-order valence-corrected chi connectivity index (χ1v) is 8.72. The maximum absolute atomic E-state index is 11.7. The van der Waals surface area contributed by atoms with Crippen LogP contribution in [0.25, 0.3) is 0 Å². The molecule has 6 heteroatoms. The Hall–Kier alpha value is -2.11. The summed E-state index contributed by atoms with van der Waals surface area (Å²) >= 11 is 0. The van der Waals surface area contributed by atoms with Gasteiger partial charge in [0.05, 0.1) is 11.0 Å². The number of phenolic OH excluding ortho intramolecular Hbond substituents is 1. The van der Waals surface area contributed by atoms with Crippen molar-refractivity contribution in [3.05, 3.63) is 28.3 Å². The van der Waals surface area contributed by atoms with Crippen LogP contribution in [0.5, 0.6) is 11.5 Å². The van der Waals surface area contributed by atoms with Crippen molar-refractivity contribution in [3.63, 3.8) is 0 Å². The molecule has 0 saturated carbocycles. The van der Waals surface area contributed by atoms with Gasteiger partial charge in [-0.1, -0.05) is 58.3 Å². The van der Waals surface area contributed by atoms with E-state index in [4.69, 9.17) is 4.74 Å². The van der Waals surface area contributed by atoms with Gasteiger partial charge in [0.25, 0.3) is 5.69 Å². The molecular weight excluding hydrogens is 310 g/mol. The van der Waals surface area contributed by atoms with Crippen LogP contribution in [-0.2, 0) is 4.79 Å². The molecule has 0 atom stereocenters. The SMILES string of the molecule is CCCCCCCCCCCC(=O)Oc1cc([N+](=O)[O-])ccc1O. The predicted octanol–water partition coefficient (Wildman–Crippen LogP) is 5.13. The Bertz CT molecular complexity index is 530. The maximum atomic E-state index is 11.7. The van der Waals surface area contributed by atoms with Crippen molar-refractivity contribution in [2.24, 2.45) is 0 Å². The van der Waals surface area contributed by atoms with Crippen molar-refractivity contribution < 1.29 is 19.6 Å². The summed E-state index contributed by atoms with van der Waals surface area (Å²) in [5, 5.41) is 20.3. The number of benzene rings is 1. The fraction of sp³-hybridized carbons (Fsp3) is 0.611. The molecule has 1 aromatic carbocycles. The standard InChI is InChI=1S/C18H27NO5/c1-2-3-4-5-6-7-8-9-10-11-18(21)24-17-14-15(19(22)23)12-13-16(17)20/h12-14,20H,2-11H2,1H3. The first-order valence-electron chi connectivity index (χ1n) is 8.72. The lowest BCUT2D eigenvalue weighted by atomic mass is 10.1. The van der Waals surface area contributed by atoms with Crippen LogP contribution in [0.2, 0.25) is 0 Å². The van der Waals surface area contributed by atoms with Gasteiger partial charge in [-0.3, -0.25) is 14.9 Å². The second-order valence-corrected chi connectivity index (χ2v) is 5.96. The largest absolute Gasteiger partial charge is 0.504 e. The molecule has 0 amide bonds. The molecule has 134 valence electrons. The van der Waals surface area contributed by atoms with Crippen LogP contribution in [-0.4, -0.2) is 16.0 Å². The zero-order valence-corrected chi connectivity index (χ0v) is 14.3. The maximum Gasteiger partial charge on any atom is 0.311 e. The summed E-state index contributed by atoms with van der Waals surface area (Å²) in [5.74, 6) is -0.917. The minimum absolute atomic E-state index is 0.162. The van der Waals surface area contributed by atoms with Gasteiger partial charge in [-0.25, -0.2) is 0 Å². The van der Waals surface area contributed by atoms with E-state index in [9.17, 15) is 20.0 Å². The van der Waals surface area contributed by atoms with Crippen LogP contribution in [0, 0.1) is 10.1 Å². The summed E-state index contributed by atoms with van der Waals surface area (Å²) in [6, 6.07) is 3.37. The van der Waals surface area contributed by atoms with Gasteiger partial charge in [0.2, 0.25) is 0 Å². The molecule has 0 saturated heterocycles. The van der Waals surface area contributed by atoms with Crippen molar-refractivity contribution in [3.8, 4) is 11.5 Å². The van der Waals surface area contributed by atoms with Crippen LogP contribution in [0.1, 0.15) is 71.1 Å². The van der Waals surface area contributed by atoms with Gasteiger partial charge >= 0.3 is 5.97 Å². The summed E-state index contributed by atoms with van der Waals surface area (Å²) < 4.78 is 5.01. The summed E-state index contributed by atoms with van der Waals surface area (Å²) in [7, 11) is 0. The number of hydrogen-bond acceptors (Lipinski definition) is 5. The lowest BCUT2D eigenvalue weighted by Gasteiger charge is -2.06. The Labute approximate surface area is 143 Å². The number of carbonyl (C=O) groups excluding carboxylic acids is 1. The normalized spacial score (nSPS) is 10.5. The third-order valence-corrected chi connectivity index (χ3v) is 3.86. The van der Waals surface area contributed by atoms with Gasteiger partial charge in [0, 0.05) is 12.5 Å². The number of rotatable bonds is 12. The molecule has 0 fully saturated rings. The van der Waals surface area contributed by atoms with Crippen LogP contribution in [0.4, 0.5) is 5.69 Å². The lowest BCUT2D eigenvalue weighted by Crippen LogP contribution is -2.08. The summed E-state index contributed by atoms with van der Waals surface area (Å²) in [6.07, 6.45) is 10.6. The van der Waals surface area contributed by atoms with Gasteiger partial charge in [-0.15, -0.1) is 0 Å². The van der Waals surface area contributed by atoms with Crippen molar-refractivity contribution in [2.45, 2.75) is 71.1 Å². The molecule has 6 nitrogen and oxygen atoms in total. The van der Waals surface area contributed by atoms with E-state index in [1.807, 2.05) is 0 Å². The number of phenols is 1. The summed E-state index contributed by atoms with van der Waals surface area (Å²) in [4.78, 5) is 21.8. The molecule has 0 bridgehead atoms. The second kappa shape index (κ2) is 11.4. The monoisotopic (exact) mass is 337 g/mol. The highest BCUT2D eigenvalue weighted by Gasteiger charge is 2.14. The smallest absolute Gasteiger partial charge is 0.311 e. The number of nitrogens with zero attached hydrogens (tertiary/aromatic N) is 1. The minimum atomic E-state index is -0.600. The number of aromatic hydroxyl groups is 1. The van der Waals surface area contributed by atoms with E-state index < -0.39 is 10.9 Å². The highest BCUT2D eigenvalue weighted by molar-refractivity contribution is 5.73. The van der Waals surface area contributed by atoms with Gasteiger partial charge in [0.1, 0.15) is 0 Å². The topological polar surface area (TPSA) is 89.7 Å². The average molecular weight is 337 g/mol. The van der Waals surface area contributed by atoms with E-state index in [0.29, 0.717) is 0 Å². The van der Waals surface area contributed by atoms with E-state index in [0.717, 1.165) is 37.5 Å². The van der Waals surface area contributed by atoms with Crippen molar-refractivity contribution in [1.29, 1.82) is 0 Å². The number of ether oxygens (including phenoxy) is 1. The molecule has 0 spiro atoms. The predicted molar refractivity (Wildman–Crippen MR) is 92.2 cm³/mol. The quantitative estimate of drug-likeness (QED) is 0.188. The van der Waals surface area contributed by atoms with Gasteiger partial charge in [-0.05, 0) is 12.5 Å². The molecule has 0 aliphatic rings. The number of unbranched alkanes of at least 4 members (excludes halogenated alkanes) is 8. The molecule has 0 unspecified atom stereocenters. The third kappa shape index (κ3) is 7.94. The van der Waals surface area contributed by atoms with Crippen molar-refractivity contribution in [2.75, 3.05) is 0 Å². The van der Waals surface area contributed by atoms with Gasteiger partial charge in [0.15, 0.2) is 11.5 Å². The molecule has 0 radical (unpaired) electrons. The molecule has 1 N–H and O–H groups in total. The van der Waals surface area contributed by atoms with Gasteiger partial charge < -0.3 is 9.84 Å². The Morgan fingerprint density at radius 1 is 1.08 bits per heavy atom. The third-order valence-electron chi connectivity index (χ3n) is 3.86. The zero-order chi connectivity index (χ0) is 17.8. The Balaban J connectivity index is 2.20. The molecule has 0 aromatic heterocycles. The molecular formula is C18H27NO5. The van der Waals surface area contributed by atoms with Crippen molar-refractivity contribution >= 4 is 11.7 Å². The van der Waals surface area contributed by atoms with Crippen LogP contribution >= 0.6 is 0 Å². The van der Waals surface area contributed by atoms with E-state index in [2.05, 4.69) is 6.92 Å². The Morgan fingerprint density at radius 2 is 1.67 bits per heavy atom. The Kier molecular flexibility index (Phi) is 9.49. The number of esters is 1. The molecule has 24 heavy (non-hydrogen) atoms. The van der Waals surface area contributed by atoms with E-state index in [1.54, 1.807) is 0 Å². The molecule has 0 heterocycles. The first kappa shape index (κ1) is 19.9. The fourth-order valence-electron chi connectivity index (χ4n) is 2.45. The highest BCUT2D eigenvalue weighted by atomic mass is 16.6. The minimum Gasteiger partial charge on any atom is -0.504 e. The Morgan fingerprint density at radius 3 is 2.25 bits per heavy atom. The van der Waals surface area contributed by atoms with E-state index in [1.165, 1.54) is 38.5 Å². The van der Waals surface area contributed by atoms with Crippen LogP contribution in [0.3, 0.4) is 0 Å². The van der Waals surface area contributed by atoms with E-state index >= 15 is 0 Å². The van der Waals surface area contributed by atoms with Gasteiger partial charge in [-0.2, -0.15) is 0 Å². The first-order chi connectivity index (χ1) is 11.5. The second-order valence-electron chi connectivity index (χ2n) is 5.96. The number of nitro groups is 1. The average Bonchev–Trinajstić information content (AvgIpc) is 2.55. The zero-order valence-electron chi connectivity index (χ0n) is 14.3. The molecule has 1 aromatic rings. The number of carbonyl (C=O) groups is 1. The summed E-state index contributed by atoms with van der Waals surface area (Å²) in [5.41, 5.74) is -0.223. The van der Waals surface area contributed by atoms with Crippen LogP contribution in [0.15, 0.2) is 18.2 Å². The van der Waals surface area contributed by atoms with Crippen LogP contribution < -0.4 is 4.74 Å². The number of hydrogen-bond donors (Lipinski definition) is 1. The molecule has 1 rings (SSSR count). The lowest BCUT2D eigenvalue weighted by molar-refractivity contribution is -0.384. The molecule has 0 aliphatic heterocycles. The number of non-ortho nitro benzene ring substituents is 1. The number of nitro benzene ring substituents is 1. The molecule has 0 aliphatic carbocycles. The van der Waals surface area contributed by atoms with Crippen molar-refractivity contribution in [1.82, 2.24) is 0 Å². The summed E-state index contributed by atoms with van der Waals surface area (Å²) in [6.45, 7) is 2.20. The van der Waals surface area contributed by atoms with E-state index in [-0.39, 0.29) is 23.6 Å². The highest BCUT2D eigenvalue weighted by Crippen LogP contribution is 2.30.